The van der Waals surface area contributed by atoms with Crippen LogP contribution in [0.25, 0.3) is 0 Å². The lowest BCUT2D eigenvalue weighted by Gasteiger charge is -2.15. The molecule has 2 rings (SSSR count). The van der Waals surface area contributed by atoms with Crippen molar-refractivity contribution in [3.63, 3.8) is 0 Å². The minimum absolute atomic E-state index is 0.365. The van der Waals surface area contributed by atoms with E-state index in [1.54, 1.807) is 32.0 Å². The highest BCUT2D eigenvalue weighted by molar-refractivity contribution is 6.34. The van der Waals surface area contributed by atoms with Gasteiger partial charge in [-0.1, -0.05) is 23.2 Å². The van der Waals surface area contributed by atoms with Crippen LogP contribution in [0.4, 0.5) is 4.39 Å². The number of ether oxygens (including phenoxy) is 1. The Morgan fingerprint density at radius 3 is 2.25 bits per heavy atom. The third-order valence-corrected chi connectivity index (χ3v) is 3.24. The molecule has 0 unspecified atom stereocenters. The Bertz CT molecular complexity index is 622. The maximum Gasteiger partial charge on any atom is 0.133 e. The van der Waals surface area contributed by atoms with Gasteiger partial charge in [-0.15, -0.1) is 0 Å². The lowest BCUT2D eigenvalue weighted by molar-refractivity contribution is 0.195. The lowest BCUT2D eigenvalue weighted by Crippen LogP contribution is -1.99. The molecule has 0 saturated heterocycles. The van der Waals surface area contributed by atoms with Crippen molar-refractivity contribution in [2.75, 3.05) is 0 Å². The summed E-state index contributed by atoms with van der Waals surface area (Å²) in [6.45, 7) is 3.17. The van der Waals surface area contributed by atoms with E-state index in [2.05, 4.69) is 0 Å². The highest BCUT2D eigenvalue weighted by atomic mass is 35.5. The first-order valence-corrected chi connectivity index (χ1v) is 6.74. The molecule has 2 nitrogen and oxygen atoms in total. The molecule has 0 heterocycles. The second kappa shape index (κ2) is 6.00. The Kier molecular flexibility index (Phi) is 4.53. The van der Waals surface area contributed by atoms with E-state index in [0.29, 0.717) is 32.7 Å². The van der Waals surface area contributed by atoms with Crippen LogP contribution < -0.4 is 4.74 Å². The Hall–Kier alpha value is -1.29. The van der Waals surface area contributed by atoms with Gasteiger partial charge in [0, 0.05) is 15.6 Å². The van der Waals surface area contributed by atoms with Crippen LogP contribution in [-0.4, -0.2) is 5.11 Å². The number of aliphatic hydroxyl groups excluding tert-OH is 1. The molecule has 20 heavy (non-hydrogen) atoms. The Labute approximate surface area is 126 Å². The molecule has 0 amide bonds. The molecule has 0 aliphatic heterocycles. The Morgan fingerprint density at radius 1 is 1.10 bits per heavy atom. The summed E-state index contributed by atoms with van der Waals surface area (Å²) in [5.41, 5.74) is 0.793. The number of hydrogen-bond donors (Lipinski definition) is 1. The smallest absolute Gasteiger partial charge is 0.133 e. The first-order valence-electron chi connectivity index (χ1n) is 5.99. The fourth-order valence-corrected chi connectivity index (χ4v) is 2.31. The third kappa shape index (κ3) is 3.42. The number of hydrogen-bond acceptors (Lipinski definition) is 2. The Morgan fingerprint density at radius 2 is 1.70 bits per heavy atom. The first kappa shape index (κ1) is 15.1. The zero-order valence-corrected chi connectivity index (χ0v) is 12.5. The molecule has 106 valence electrons. The zero-order valence-electron chi connectivity index (χ0n) is 11.0. The van der Waals surface area contributed by atoms with Crippen molar-refractivity contribution in [1.29, 1.82) is 0 Å². The van der Waals surface area contributed by atoms with Crippen molar-refractivity contribution in [2.45, 2.75) is 20.0 Å². The number of benzene rings is 2. The molecule has 0 aliphatic carbocycles. The second-order valence-electron chi connectivity index (χ2n) is 4.52. The summed E-state index contributed by atoms with van der Waals surface area (Å²) in [5, 5.41) is 10.6. The monoisotopic (exact) mass is 314 g/mol. The fourth-order valence-electron chi connectivity index (χ4n) is 1.80. The molecule has 2 aromatic rings. The van der Waals surface area contributed by atoms with E-state index in [1.807, 2.05) is 0 Å². The summed E-state index contributed by atoms with van der Waals surface area (Å²) in [6, 6.07) is 7.57. The average molecular weight is 315 g/mol. The van der Waals surface area contributed by atoms with Crippen LogP contribution in [0.15, 0.2) is 30.3 Å². The fraction of sp³-hybridized carbons (Fsp3) is 0.200. The summed E-state index contributed by atoms with van der Waals surface area (Å²) in [4.78, 5) is 0. The molecule has 1 atom stereocenters. The SMILES string of the molecule is Cc1cc(Oc2cc(Cl)cc(Cl)c2)c([C@H](C)O)cc1F. The third-order valence-electron chi connectivity index (χ3n) is 2.81. The van der Waals surface area contributed by atoms with Gasteiger partial charge in [0.15, 0.2) is 0 Å². The predicted molar refractivity (Wildman–Crippen MR) is 78.3 cm³/mol. The highest BCUT2D eigenvalue weighted by Gasteiger charge is 2.14. The van der Waals surface area contributed by atoms with Crippen LogP contribution in [0.5, 0.6) is 11.5 Å². The summed E-state index contributed by atoms with van der Waals surface area (Å²) in [7, 11) is 0. The van der Waals surface area contributed by atoms with Gasteiger partial charge in [-0.2, -0.15) is 0 Å². The van der Waals surface area contributed by atoms with E-state index < -0.39 is 11.9 Å². The lowest BCUT2D eigenvalue weighted by atomic mass is 10.1. The molecule has 5 heteroatoms. The van der Waals surface area contributed by atoms with Crippen LogP contribution in [0.1, 0.15) is 24.2 Å². The van der Waals surface area contributed by atoms with Gasteiger partial charge in [0.1, 0.15) is 17.3 Å². The zero-order chi connectivity index (χ0) is 14.9. The maximum atomic E-state index is 13.6. The molecule has 0 aromatic heterocycles. The predicted octanol–water partition coefficient (Wildman–Crippen LogP) is 5.29. The normalized spacial score (nSPS) is 12.3. The van der Waals surface area contributed by atoms with Gasteiger partial charge in [-0.3, -0.25) is 0 Å². The van der Waals surface area contributed by atoms with Gasteiger partial charge in [-0.25, -0.2) is 4.39 Å². The molecule has 0 aliphatic rings. The first-order chi connectivity index (χ1) is 9.36. The van der Waals surface area contributed by atoms with E-state index >= 15 is 0 Å². The van der Waals surface area contributed by atoms with E-state index in [4.69, 9.17) is 27.9 Å². The van der Waals surface area contributed by atoms with E-state index in [0.717, 1.165) is 0 Å². The standard InChI is InChI=1S/C15H13Cl2FO2/c1-8-3-15(13(9(2)19)7-14(8)18)20-12-5-10(16)4-11(17)6-12/h3-7,9,19H,1-2H3/t9-/m0/s1. The molecule has 1 N–H and O–H groups in total. The van der Waals surface area contributed by atoms with Gasteiger partial charge < -0.3 is 9.84 Å². The molecule has 0 bridgehead atoms. The van der Waals surface area contributed by atoms with Crippen molar-refractivity contribution in [1.82, 2.24) is 0 Å². The van der Waals surface area contributed by atoms with Crippen LogP contribution in [0.2, 0.25) is 10.0 Å². The van der Waals surface area contributed by atoms with Crippen molar-refractivity contribution in [3.05, 3.63) is 57.3 Å². The van der Waals surface area contributed by atoms with Crippen LogP contribution in [-0.2, 0) is 0 Å². The minimum atomic E-state index is -0.852. The number of halogens is 3. The maximum absolute atomic E-state index is 13.6. The largest absolute Gasteiger partial charge is 0.457 e. The quantitative estimate of drug-likeness (QED) is 0.834. The molecule has 2 aromatic carbocycles. The van der Waals surface area contributed by atoms with Crippen molar-refractivity contribution < 1.29 is 14.2 Å². The van der Waals surface area contributed by atoms with Gasteiger partial charge in [0.25, 0.3) is 0 Å². The molecule has 0 radical (unpaired) electrons. The summed E-state index contributed by atoms with van der Waals surface area (Å²) in [5.74, 6) is 0.407. The van der Waals surface area contributed by atoms with Crippen molar-refractivity contribution >= 4 is 23.2 Å². The summed E-state index contributed by atoms with van der Waals surface area (Å²) >= 11 is 11.8. The molecule has 0 spiro atoms. The second-order valence-corrected chi connectivity index (χ2v) is 5.40. The molecular formula is C15H13Cl2FO2. The van der Waals surface area contributed by atoms with Gasteiger partial charge in [0.05, 0.1) is 6.10 Å². The highest BCUT2D eigenvalue weighted by Crippen LogP contribution is 2.34. The van der Waals surface area contributed by atoms with E-state index in [9.17, 15) is 9.50 Å². The van der Waals surface area contributed by atoms with E-state index in [-0.39, 0.29) is 0 Å². The van der Waals surface area contributed by atoms with Gasteiger partial charge >= 0.3 is 0 Å². The van der Waals surface area contributed by atoms with E-state index in [1.165, 1.54) is 12.1 Å². The topological polar surface area (TPSA) is 29.5 Å². The molecule has 0 fully saturated rings. The van der Waals surface area contributed by atoms with Crippen molar-refractivity contribution in [3.8, 4) is 11.5 Å². The minimum Gasteiger partial charge on any atom is -0.457 e. The van der Waals surface area contributed by atoms with Crippen LogP contribution in [0, 0.1) is 12.7 Å². The van der Waals surface area contributed by atoms with Gasteiger partial charge in [0.2, 0.25) is 0 Å². The Balaban J connectivity index is 2.44. The number of aryl methyl sites for hydroxylation is 1. The number of rotatable bonds is 3. The molecule has 0 saturated carbocycles. The number of aliphatic hydroxyl groups is 1. The van der Waals surface area contributed by atoms with Crippen molar-refractivity contribution in [2.24, 2.45) is 0 Å². The molecular weight excluding hydrogens is 302 g/mol. The summed E-state index contributed by atoms with van der Waals surface area (Å²) < 4.78 is 19.3. The van der Waals surface area contributed by atoms with Crippen LogP contribution in [0.3, 0.4) is 0 Å². The summed E-state index contributed by atoms with van der Waals surface area (Å²) in [6.07, 6.45) is -0.852. The average Bonchev–Trinajstić information content (AvgIpc) is 2.31. The van der Waals surface area contributed by atoms with Gasteiger partial charge in [-0.05, 0) is 49.7 Å². The van der Waals surface area contributed by atoms with Crippen LogP contribution >= 0.6 is 23.2 Å².